The molecule has 0 aromatic heterocycles. The molecule has 1 aliphatic heterocycles. The average Bonchev–Trinajstić information content (AvgIpc) is 2.33. The summed E-state index contributed by atoms with van der Waals surface area (Å²) in [6, 6.07) is 6.05. The van der Waals surface area contributed by atoms with Gasteiger partial charge in [-0.05, 0) is 37.5 Å². The Kier molecular flexibility index (Phi) is 4.26. The fourth-order valence-corrected chi connectivity index (χ4v) is 2.65. The molecule has 3 nitrogen and oxygen atoms in total. The lowest BCUT2D eigenvalue weighted by atomic mass is 9.98. The van der Waals surface area contributed by atoms with Gasteiger partial charge in [-0.15, -0.1) is 0 Å². The van der Waals surface area contributed by atoms with Crippen molar-refractivity contribution in [3.05, 3.63) is 28.8 Å². The fourth-order valence-electron chi connectivity index (χ4n) is 2.48. The molecule has 17 heavy (non-hydrogen) atoms. The van der Waals surface area contributed by atoms with Crippen LogP contribution in [0.2, 0.25) is 5.02 Å². The molecule has 1 aliphatic rings. The van der Waals surface area contributed by atoms with Crippen LogP contribution in [-0.2, 0) is 4.84 Å². The first-order valence-electron chi connectivity index (χ1n) is 6.03. The number of nitrogens with two attached hydrogens (primary N) is 1. The van der Waals surface area contributed by atoms with Crippen molar-refractivity contribution < 1.29 is 4.84 Å². The van der Waals surface area contributed by atoms with E-state index in [-0.39, 0.29) is 0 Å². The lowest BCUT2D eigenvalue weighted by Crippen LogP contribution is -2.38. The molecule has 1 atom stereocenters. The van der Waals surface area contributed by atoms with Gasteiger partial charge in [0.1, 0.15) is 0 Å². The zero-order chi connectivity index (χ0) is 12.3. The van der Waals surface area contributed by atoms with E-state index in [0.29, 0.717) is 12.5 Å². The molecular formula is C13H19ClN2O. The predicted octanol–water partition coefficient (Wildman–Crippen LogP) is 2.76. The number of aryl methyl sites for hydroxylation is 1. The van der Waals surface area contributed by atoms with E-state index in [4.69, 9.17) is 22.3 Å². The summed E-state index contributed by atoms with van der Waals surface area (Å²) >= 11 is 6.06. The number of hydrogen-bond acceptors (Lipinski definition) is 3. The van der Waals surface area contributed by atoms with Gasteiger partial charge in [0.25, 0.3) is 0 Å². The topological polar surface area (TPSA) is 38.5 Å². The van der Waals surface area contributed by atoms with E-state index >= 15 is 0 Å². The minimum absolute atomic E-state index is 0.520. The molecule has 0 amide bonds. The second-order valence-corrected chi connectivity index (χ2v) is 5.15. The highest BCUT2D eigenvalue weighted by molar-refractivity contribution is 6.30. The van der Waals surface area contributed by atoms with E-state index in [1.165, 1.54) is 24.1 Å². The second kappa shape index (κ2) is 5.71. The Balaban J connectivity index is 2.13. The van der Waals surface area contributed by atoms with Crippen LogP contribution >= 0.6 is 11.6 Å². The average molecular weight is 255 g/mol. The maximum atomic E-state index is 6.06. The van der Waals surface area contributed by atoms with Crippen LogP contribution in [0.3, 0.4) is 0 Å². The Labute approximate surface area is 107 Å². The number of hydrogen-bond donors (Lipinski definition) is 1. The number of halogens is 1. The summed E-state index contributed by atoms with van der Waals surface area (Å²) < 4.78 is 0. The standard InChI is InChI=1S/C13H19ClN2O/c1-10-4-5-12(14)7-13(10)16-6-2-3-11(8-16)9-17-15/h4-5,7,11H,2-3,6,8-9,15H2,1H3. The minimum atomic E-state index is 0.520. The van der Waals surface area contributed by atoms with Gasteiger partial charge in [0, 0.05) is 29.7 Å². The van der Waals surface area contributed by atoms with Crippen molar-refractivity contribution in [1.29, 1.82) is 0 Å². The smallest absolute Gasteiger partial charge is 0.0724 e. The number of anilines is 1. The molecular weight excluding hydrogens is 236 g/mol. The maximum Gasteiger partial charge on any atom is 0.0724 e. The molecule has 1 aromatic carbocycles. The number of rotatable bonds is 3. The van der Waals surface area contributed by atoms with Gasteiger partial charge in [-0.1, -0.05) is 17.7 Å². The van der Waals surface area contributed by atoms with Crippen LogP contribution in [0.1, 0.15) is 18.4 Å². The second-order valence-electron chi connectivity index (χ2n) is 4.72. The van der Waals surface area contributed by atoms with Gasteiger partial charge < -0.3 is 9.74 Å². The normalized spacial score (nSPS) is 20.6. The third-order valence-electron chi connectivity index (χ3n) is 3.36. The first kappa shape index (κ1) is 12.7. The fraction of sp³-hybridized carbons (Fsp3) is 0.538. The lowest BCUT2D eigenvalue weighted by Gasteiger charge is -2.35. The quantitative estimate of drug-likeness (QED) is 0.843. The Morgan fingerprint density at radius 2 is 2.35 bits per heavy atom. The van der Waals surface area contributed by atoms with E-state index in [0.717, 1.165) is 18.1 Å². The molecule has 2 rings (SSSR count). The van der Waals surface area contributed by atoms with Crippen molar-refractivity contribution in [3.63, 3.8) is 0 Å². The van der Waals surface area contributed by atoms with Gasteiger partial charge >= 0.3 is 0 Å². The van der Waals surface area contributed by atoms with Gasteiger partial charge in [0.2, 0.25) is 0 Å². The monoisotopic (exact) mass is 254 g/mol. The molecule has 94 valence electrons. The summed E-state index contributed by atoms with van der Waals surface area (Å²) in [6.45, 7) is 4.84. The molecule has 0 bridgehead atoms. The van der Waals surface area contributed by atoms with Crippen molar-refractivity contribution in [2.75, 3.05) is 24.6 Å². The van der Waals surface area contributed by atoms with Gasteiger partial charge in [0.15, 0.2) is 0 Å². The molecule has 2 N–H and O–H groups in total. The van der Waals surface area contributed by atoms with E-state index in [2.05, 4.69) is 17.9 Å². The molecule has 1 fully saturated rings. The van der Waals surface area contributed by atoms with Crippen molar-refractivity contribution in [3.8, 4) is 0 Å². The van der Waals surface area contributed by atoms with E-state index in [9.17, 15) is 0 Å². The van der Waals surface area contributed by atoms with Gasteiger partial charge in [-0.3, -0.25) is 0 Å². The van der Waals surface area contributed by atoms with Crippen LogP contribution in [-0.4, -0.2) is 19.7 Å². The summed E-state index contributed by atoms with van der Waals surface area (Å²) in [5.74, 6) is 5.68. The predicted molar refractivity (Wildman–Crippen MR) is 71.3 cm³/mol. The van der Waals surface area contributed by atoms with Crippen molar-refractivity contribution in [1.82, 2.24) is 0 Å². The SMILES string of the molecule is Cc1ccc(Cl)cc1N1CCCC(CON)C1. The largest absolute Gasteiger partial charge is 0.371 e. The first-order chi connectivity index (χ1) is 8.20. The van der Waals surface area contributed by atoms with Crippen LogP contribution < -0.4 is 10.8 Å². The van der Waals surface area contributed by atoms with E-state index < -0.39 is 0 Å². The number of benzene rings is 1. The Morgan fingerprint density at radius 3 is 3.12 bits per heavy atom. The van der Waals surface area contributed by atoms with E-state index in [1.54, 1.807) is 0 Å². The van der Waals surface area contributed by atoms with Crippen LogP contribution in [0.25, 0.3) is 0 Å². The van der Waals surface area contributed by atoms with Crippen molar-refractivity contribution in [2.45, 2.75) is 19.8 Å². The molecule has 1 aromatic rings. The molecule has 0 radical (unpaired) electrons. The summed E-state index contributed by atoms with van der Waals surface area (Å²) in [5.41, 5.74) is 2.50. The summed E-state index contributed by atoms with van der Waals surface area (Å²) in [6.07, 6.45) is 2.37. The van der Waals surface area contributed by atoms with Gasteiger partial charge in [0.05, 0.1) is 6.61 Å². The Bertz CT molecular complexity index is 382. The Morgan fingerprint density at radius 1 is 1.53 bits per heavy atom. The molecule has 0 aliphatic carbocycles. The summed E-state index contributed by atoms with van der Waals surface area (Å²) in [5, 5.41) is 0.794. The van der Waals surface area contributed by atoms with Crippen LogP contribution in [0.5, 0.6) is 0 Å². The zero-order valence-corrected chi connectivity index (χ0v) is 10.9. The zero-order valence-electron chi connectivity index (χ0n) is 10.2. The lowest BCUT2D eigenvalue weighted by molar-refractivity contribution is 0.0951. The van der Waals surface area contributed by atoms with E-state index in [1.807, 2.05) is 12.1 Å². The van der Waals surface area contributed by atoms with Crippen molar-refractivity contribution in [2.24, 2.45) is 11.8 Å². The Hall–Kier alpha value is -0.770. The van der Waals surface area contributed by atoms with Crippen LogP contribution in [0, 0.1) is 12.8 Å². The molecule has 1 unspecified atom stereocenters. The third kappa shape index (κ3) is 3.12. The van der Waals surface area contributed by atoms with Crippen LogP contribution in [0.15, 0.2) is 18.2 Å². The third-order valence-corrected chi connectivity index (χ3v) is 3.60. The molecule has 1 heterocycles. The molecule has 0 spiro atoms. The molecule has 4 heteroatoms. The van der Waals surface area contributed by atoms with Gasteiger partial charge in [-0.25, -0.2) is 5.90 Å². The maximum absolute atomic E-state index is 6.06. The first-order valence-corrected chi connectivity index (χ1v) is 6.41. The van der Waals surface area contributed by atoms with Crippen LogP contribution in [0.4, 0.5) is 5.69 Å². The highest BCUT2D eigenvalue weighted by atomic mass is 35.5. The molecule has 0 saturated carbocycles. The summed E-state index contributed by atoms with van der Waals surface area (Å²) in [4.78, 5) is 7.15. The summed E-state index contributed by atoms with van der Waals surface area (Å²) in [7, 11) is 0. The molecule has 1 saturated heterocycles. The van der Waals surface area contributed by atoms with Gasteiger partial charge in [-0.2, -0.15) is 0 Å². The highest BCUT2D eigenvalue weighted by Gasteiger charge is 2.21. The van der Waals surface area contributed by atoms with Crippen molar-refractivity contribution >= 4 is 17.3 Å². The minimum Gasteiger partial charge on any atom is -0.371 e. The number of nitrogens with zero attached hydrogens (tertiary/aromatic N) is 1. The highest BCUT2D eigenvalue weighted by Crippen LogP contribution is 2.28. The number of piperidine rings is 1.